The van der Waals surface area contributed by atoms with Crippen molar-refractivity contribution in [2.24, 2.45) is 5.92 Å². The summed E-state index contributed by atoms with van der Waals surface area (Å²) in [7, 11) is 0. The molecule has 82 valence electrons. The molecule has 3 nitrogen and oxygen atoms in total. The molecule has 0 bridgehead atoms. The van der Waals surface area contributed by atoms with E-state index in [9.17, 15) is 4.79 Å². The van der Waals surface area contributed by atoms with Crippen molar-refractivity contribution < 1.29 is 4.79 Å². The highest BCUT2D eigenvalue weighted by atomic mass is 16.1. The molecule has 1 fully saturated rings. The van der Waals surface area contributed by atoms with E-state index < -0.39 is 0 Å². The van der Waals surface area contributed by atoms with Gasteiger partial charge in [-0.05, 0) is 32.8 Å². The molecule has 1 aliphatic rings. The summed E-state index contributed by atoms with van der Waals surface area (Å²) in [6, 6.07) is 1.92. The molecule has 1 heterocycles. The lowest BCUT2D eigenvalue weighted by molar-refractivity contribution is 0.0912. The Balaban J connectivity index is 2.23. The molecule has 1 aliphatic carbocycles. The van der Waals surface area contributed by atoms with E-state index in [0.29, 0.717) is 5.78 Å². The third kappa shape index (κ3) is 1.96. The number of Topliss-reactive ketones (excluding diaryl/α,β-unsaturated/α-hetero) is 1. The maximum absolute atomic E-state index is 12.2. The maximum Gasteiger partial charge on any atom is 0.183 e. The van der Waals surface area contributed by atoms with E-state index in [-0.39, 0.29) is 5.92 Å². The van der Waals surface area contributed by atoms with Gasteiger partial charge in [-0.3, -0.25) is 9.48 Å². The molecule has 1 aromatic rings. The molecular formula is C12H18N2O. The van der Waals surface area contributed by atoms with Gasteiger partial charge >= 0.3 is 0 Å². The highest BCUT2D eigenvalue weighted by Crippen LogP contribution is 2.28. The summed E-state index contributed by atoms with van der Waals surface area (Å²) in [5, 5.41) is 4.32. The number of carbonyl (C=O) groups excluding carboxylic acids is 1. The van der Waals surface area contributed by atoms with Gasteiger partial charge in [-0.15, -0.1) is 0 Å². The summed E-state index contributed by atoms with van der Waals surface area (Å²) >= 11 is 0. The molecule has 1 saturated carbocycles. The van der Waals surface area contributed by atoms with E-state index in [0.717, 1.165) is 30.8 Å². The first-order chi connectivity index (χ1) is 7.22. The monoisotopic (exact) mass is 206 g/mol. The third-order valence-electron chi connectivity index (χ3n) is 3.18. The minimum absolute atomic E-state index is 0.256. The predicted molar refractivity (Wildman–Crippen MR) is 58.9 cm³/mol. The van der Waals surface area contributed by atoms with Gasteiger partial charge in [-0.2, -0.15) is 5.10 Å². The molecule has 0 aliphatic heterocycles. The van der Waals surface area contributed by atoms with Crippen LogP contribution < -0.4 is 0 Å². The Morgan fingerprint density at radius 3 is 2.80 bits per heavy atom. The van der Waals surface area contributed by atoms with Gasteiger partial charge in [-0.25, -0.2) is 0 Å². The van der Waals surface area contributed by atoms with Crippen LogP contribution in [0.15, 0.2) is 6.07 Å². The Kier molecular flexibility index (Phi) is 2.89. The van der Waals surface area contributed by atoms with E-state index in [1.54, 1.807) is 0 Å². The summed E-state index contributed by atoms with van der Waals surface area (Å²) in [4.78, 5) is 12.2. The van der Waals surface area contributed by atoms with Crippen LogP contribution in [-0.4, -0.2) is 15.6 Å². The number of nitrogens with zero attached hydrogens (tertiary/aromatic N) is 2. The van der Waals surface area contributed by atoms with E-state index >= 15 is 0 Å². The first-order valence-electron chi connectivity index (χ1n) is 5.81. The molecule has 0 spiro atoms. The molecule has 3 heteroatoms. The number of carbonyl (C=O) groups is 1. The second-order valence-electron chi connectivity index (χ2n) is 4.33. The largest absolute Gasteiger partial charge is 0.292 e. The molecule has 0 N–H and O–H groups in total. The number of ketones is 1. The fourth-order valence-electron chi connectivity index (χ4n) is 2.38. The number of hydrogen-bond acceptors (Lipinski definition) is 2. The average Bonchev–Trinajstić information content (AvgIpc) is 2.84. The van der Waals surface area contributed by atoms with Gasteiger partial charge in [0.1, 0.15) is 5.69 Å². The smallest absolute Gasteiger partial charge is 0.183 e. The Hall–Kier alpha value is -1.12. The van der Waals surface area contributed by atoms with Crippen LogP contribution in [0.1, 0.15) is 48.8 Å². The molecule has 0 radical (unpaired) electrons. The lowest BCUT2D eigenvalue weighted by Gasteiger charge is -2.08. The molecule has 0 atom stereocenters. The summed E-state index contributed by atoms with van der Waals surface area (Å²) in [6.07, 6.45) is 4.53. The summed E-state index contributed by atoms with van der Waals surface area (Å²) in [5.74, 6) is 0.557. The van der Waals surface area contributed by atoms with Crippen LogP contribution in [-0.2, 0) is 6.54 Å². The van der Waals surface area contributed by atoms with Crippen molar-refractivity contribution in [2.75, 3.05) is 0 Å². The average molecular weight is 206 g/mol. The van der Waals surface area contributed by atoms with E-state index in [1.807, 2.05) is 24.6 Å². The number of aromatic nitrogens is 2. The molecule has 0 unspecified atom stereocenters. The number of hydrogen-bond donors (Lipinski definition) is 0. The van der Waals surface area contributed by atoms with Crippen molar-refractivity contribution in [3.63, 3.8) is 0 Å². The van der Waals surface area contributed by atoms with Crippen LogP contribution in [0.3, 0.4) is 0 Å². The molecular weight excluding hydrogens is 188 g/mol. The maximum atomic E-state index is 12.2. The van der Waals surface area contributed by atoms with Gasteiger partial charge in [0.15, 0.2) is 5.78 Å². The van der Waals surface area contributed by atoms with Crippen LogP contribution in [0.25, 0.3) is 0 Å². The van der Waals surface area contributed by atoms with Crippen LogP contribution in [0.4, 0.5) is 0 Å². The van der Waals surface area contributed by atoms with Gasteiger partial charge < -0.3 is 0 Å². The van der Waals surface area contributed by atoms with Crippen molar-refractivity contribution in [2.45, 2.75) is 46.1 Å². The Labute approximate surface area is 90.5 Å². The zero-order chi connectivity index (χ0) is 10.8. The van der Waals surface area contributed by atoms with Crippen molar-refractivity contribution in [1.29, 1.82) is 0 Å². The normalized spacial score (nSPS) is 17.2. The van der Waals surface area contributed by atoms with Crippen LogP contribution in [0.2, 0.25) is 0 Å². The summed E-state index contributed by atoms with van der Waals surface area (Å²) in [6.45, 7) is 4.75. The fraction of sp³-hybridized carbons (Fsp3) is 0.667. The Morgan fingerprint density at radius 2 is 2.20 bits per heavy atom. The zero-order valence-corrected chi connectivity index (χ0v) is 9.49. The standard InChI is InChI=1S/C12H18N2O/c1-3-14-11(8-9(2)13-14)12(15)10-6-4-5-7-10/h8,10H,3-7H2,1-2H3. The number of rotatable bonds is 3. The van der Waals surface area contributed by atoms with Crippen LogP contribution in [0, 0.1) is 12.8 Å². The second kappa shape index (κ2) is 4.17. The molecule has 2 rings (SSSR count). The minimum Gasteiger partial charge on any atom is -0.292 e. The van der Waals surface area contributed by atoms with Crippen molar-refractivity contribution in [3.8, 4) is 0 Å². The molecule has 1 aromatic heterocycles. The van der Waals surface area contributed by atoms with Gasteiger partial charge in [0.05, 0.1) is 5.69 Å². The first kappa shape index (κ1) is 10.4. The van der Waals surface area contributed by atoms with Gasteiger partial charge in [0.25, 0.3) is 0 Å². The molecule has 0 amide bonds. The van der Waals surface area contributed by atoms with Crippen LogP contribution >= 0.6 is 0 Å². The lowest BCUT2D eigenvalue weighted by Crippen LogP contribution is -2.16. The first-order valence-corrected chi connectivity index (χ1v) is 5.81. The topological polar surface area (TPSA) is 34.9 Å². The van der Waals surface area contributed by atoms with Crippen LogP contribution in [0.5, 0.6) is 0 Å². The second-order valence-corrected chi connectivity index (χ2v) is 4.33. The fourth-order valence-corrected chi connectivity index (χ4v) is 2.38. The number of aryl methyl sites for hydroxylation is 2. The molecule has 0 aromatic carbocycles. The quantitative estimate of drug-likeness (QED) is 0.712. The zero-order valence-electron chi connectivity index (χ0n) is 9.49. The van der Waals surface area contributed by atoms with Crippen molar-refractivity contribution >= 4 is 5.78 Å². The molecule has 15 heavy (non-hydrogen) atoms. The lowest BCUT2D eigenvalue weighted by atomic mass is 10.00. The van der Waals surface area contributed by atoms with Crippen molar-refractivity contribution in [3.05, 3.63) is 17.5 Å². The summed E-state index contributed by atoms with van der Waals surface area (Å²) < 4.78 is 1.83. The summed E-state index contributed by atoms with van der Waals surface area (Å²) in [5.41, 5.74) is 1.75. The van der Waals surface area contributed by atoms with E-state index in [1.165, 1.54) is 12.8 Å². The third-order valence-corrected chi connectivity index (χ3v) is 3.18. The highest BCUT2D eigenvalue weighted by molar-refractivity contribution is 5.96. The Morgan fingerprint density at radius 1 is 1.53 bits per heavy atom. The molecule has 0 saturated heterocycles. The van der Waals surface area contributed by atoms with Gasteiger partial charge in [0, 0.05) is 12.5 Å². The minimum atomic E-state index is 0.256. The van der Waals surface area contributed by atoms with Crippen molar-refractivity contribution in [1.82, 2.24) is 9.78 Å². The van der Waals surface area contributed by atoms with E-state index in [4.69, 9.17) is 0 Å². The SMILES string of the molecule is CCn1nc(C)cc1C(=O)C1CCCC1. The van der Waals surface area contributed by atoms with E-state index in [2.05, 4.69) is 5.10 Å². The Bertz CT molecular complexity index is 362. The predicted octanol–water partition coefficient (Wildman–Crippen LogP) is 2.58. The highest BCUT2D eigenvalue weighted by Gasteiger charge is 2.26. The van der Waals surface area contributed by atoms with Gasteiger partial charge in [-0.1, -0.05) is 12.8 Å². The van der Waals surface area contributed by atoms with Gasteiger partial charge in [0.2, 0.25) is 0 Å².